The molecule has 1 aromatic carbocycles. The molecule has 3 nitrogen and oxygen atoms in total. The van der Waals surface area contributed by atoms with Crippen LogP contribution < -0.4 is 15.8 Å². The zero-order chi connectivity index (χ0) is 11.8. The van der Waals surface area contributed by atoms with Gasteiger partial charge in [-0.15, -0.1) is 0 Å². The molecule has 16 heavy (non-hydrogen) atoms. The molecule has 1 saturated carbocycles. The van der Waals surface area contributed by atoms with Gasteiger partial charge in [0.2, 0.25) is 0 Å². The Morgan fingerprint density at radius 2 is 2.19 bits per heavy atom. The molecule has 1 aromatic rings. The lowest BCUT2D eigenvalue weighted by Gasteiger charge is -2.12. The lowest BCUT2D eigenvalue weighted by molar-refractivity contribution is 0.417. The molecule has 0 aromatic heterocycles. The summed E-state index contributed by atoms with van der Waals surface area (Å²) in [7, 11) is 1.64. The largest absolute Gasteiger partial charge is 0.495 e. The summed E-state index contributed by atoms with van der Waals surface area (Å²) in [6.45, 7) is 5.59. The summed E-state index contributed by atoms with van der Waals surface area (Å²) >= 11 is 0. The second-order valence-electron chi connectivity index (χ2n) is 5.19. The molecule has 0 amide bonds. The fourth-order valence-corrected chi connectivity index (χ4v) is 2.03. The summed E-state index contributed by atoms with van der Waals surface area (Å²) in [6.07, 6.45) is 1.30. The minimum absolute atomic E-state index is 0.501. The maximum atomic E-state index is 5.98. The monoisotopic (exact) mass is 220 g/mol. The molecule has 88 valence electrons. The van der Waals surface area contributed by atoms with E-state index in [4.69, 9.17) is 10.5 Å². The molecule has 3 heteroatoms. The highest BCUT2D eigenvalue weighted by molar-refractivity contribution is 5.72. The molecule has 1 aliphatic rings. The first-order valence-electron chi connectivity index (χ1n) is 5.71. The van der Waals surface area contributed by atoms with E-state index in [1.807, 2.05) is 18.2 Å². The van der Waals surface area contributed by atoms with E-state index in [0.717, 1.165) is 23.9 Å². The molecule has 1 atom stereocenters. The first kappa shape index (κ1) is 11.1. The number of anilines is 2. The Morgan fingerprint density at radius 1 is 1.50 bits per heavy atom. The van der Waals surface area contributed by atoms with E-state index < -0.39 is 0 Å². The van der Waals surface area contributed by atoms with Crippen molar-refractivity contribution in [3.05, 3.63) is 18.2 Å². The fourth-order valence-electron chi connectivity index (χ4n) is 2.03. The van der Waals surface area contributed by atoms with Crippen molar-refractivity contribution in [2.24, 2.45) is 11.3 Å². The van der Waals surface area contributed by atoms with Crippen molar-refractivity contribution in [3.8, 4) is 5.75 Å². The Hall–Kier alpha value is -1.38. The Balaban J connectivity index is 1.99. The molecule has 0 radical (unpaired) electrons. The number of para-hydroxylation sites is 1. The quantitative estimate of drug-likeness (QED) is 0.767. The van der Waals surface area contributed by atoms with Gasteiger partial charge in [0, 0.05) is 6.54 Å². The van der Waals surface area contributed by atoms with Crippen molar-refractivity contribution < 1.29 is 4.74 Å². The van der Waals surface area contributed by atoms with Crippen LogP contribution in [0.25, 0.3) is 0 Å². The Labute approximate surface area is 97.0 Å². The molecule has 1 aliphatic carbocycles. The fraction of sp³-hybridized carbons (Fsp3) is 0.538. The second-order valence-corrected chi connectivity index (χ2v) is 5.19. The van der Waals surface area contributed by atoms with E-state index in [-0.39, 0.29) is 0 Å². The maximum Gasteiger partial charge on any atom is 0.143 e. The molecular formula is C13H20N2O. The molecule has 0 heterocycles. The summed E-state index contributed by atoms with van der Waals surface area (Å²) in [5.41, 5.74) is 8.15. The van der Waals surface area contributed by atoms with Gasteiger partial charge in [-0.2, -0.15) is 0 Å². The minimum atomic E-state index is 0.501. The molecule has 0 saturated heterocycles. The number of nitrogen functional groups attached to an aromatic ring is 1. The number of methoxy groups -OCH3 is 1. The third-order valence-electron chi connectivity index (χ3n) is 3.54. The predicted octanol–water partition coefficient (Wildman–Crippen LogP) is 2.74. The third kappa shape index (κ3) is 2.08. The van der Waals surface area contributed by atoms with Crippen molar-refractivity contribution in [1.29, 1.82) is 0 Å². The zero-order valence-electron chi connectivity index (χ0n) is 10.2. The predicted molar refractivity (Wildman–Crippen MR) is 67.8 cm³/mol. The van der Waals surface area contributed by atoms with Crippen LogP contribution in [0, 0.1) is 11.3 Å². The summed E-state index contributed by atoms with van der Waals surface area (Å²) in [6, 6.07) is 5.82. The van der Waals surface area contributed by atoms with Crippen molar-refractivity contribution >= 4 is 11.4 Å². The van der Waals surface area contributed by atoms with Crippen LogP contribution in [0.4, 0.5) is 11.4 Å². The van der Waals surface area contributed by atoms with E-state index >= 15 is 0 Å². The van der Waals surface area contributed by atoms with E-state index in [9.17, 15) is 0 Å². The Kier molecular flexibility index (Phi) is 2.70. The van der Waals surface area contributed by atoms with E-state index in [1.165, 1.54) is 6.42 Å². The van der Waals surface area contributed by atoms with Crippen molar-refractivity contribution in [1.82, 2.24) is 0 Å². The van der Waals surface area contributed by atoms with Gasteiger partial charge >= 0.3 is 0 Å². The van der Waals surface area contributed by atoms with Crippen LogP contribution in [0.5, 0.6) is 5.75 Å². The van der Waals surface area contributed by atoms with Gasteiger partial charge in [-0.3, -0.25) is 0 Å². The van der Waals surface area contributed by atoms with Crippen LogP contribution in [-0.2, 0) is 0 Å². The smallest absolute Gasteiger partial charge is 0.143 e. The zero-order valence-corrected chi connectivity index (χ0v) is 10.2. The summed E-state index contributed by atoms with van der Waals surface area (Å²) in [5, 5.41) is 3.40. The lowest BCUT2D eigenvalue weighted by atomic mass is 10.1. The summed E-state index contributed by atoms with van der Waals surface area (Å²) < 4.78 is 5.18. The maximum absolute atomic E-state index is 5.98. The van der Waals surface area contributed by atoms with Crippen molar-refractivity contribution in [2.75, 3.05) is 24.7 Å². The molecular weight excluding hydrogens is 200 g/mol. The number of ether oxygens (including phenoxy) is 1. The average Bonchev–Trinajstić information content (AvgIpc) is 2.85. The summed E-state index contributed by atoms with van der Waals surface area (Å²) in [4.78, 5) is 0. The Morgan fingerprint density at radius 3 is 2.75 bits per heavy atom. The number of rotatable bonds is 4. The third-order valence-corrected chi connectivity index (χ3v) is 3.54. The Bertz CT molecular complexity index is 388. The highest BCUT2D eigenvalue weighted by atomic mass is 16.5. The molecule has 0 bridgehead atoms. The topological polar surface area (TPSA) is 47.3 Å². The van der Waals surface area contributed by atoms with Crippen LogP contribution in [0.1, 0.15) is 20.3 Å². The minimum Gasteiger partial charge on any atom is -0.495 e. The first-order valence-corrected chi connectivity index (χ1v) is 5.71. The van der Waals surface area contributed by atoms with Gasteiger partial charge in [0.05, 0.1) is 18.5 Å². The first-order chi connectivity index (χ1) is 7.54. The number of hydrogen-bond acceptors (Lipinski definition) is 3. The molecule has 0 spiro atoms. The van der Waals surface area contributed by atoms with Crippen molar-refractivity contribution in [2.45, 2.75) is 20.3 Å². The molecule has 2 rings (SSSR count). The molecule has 1 unspecified atom stereocenters. The van der Waals surface area contributed by atoms with Gasteiger partial charge in [0.15, 0.2) is 0 Å². The van der Waals surface area contributed by atoms with Gasteiger partial charge < -0.3 is 15.8 Å². The highest BCUT2D eigenvalue weighted by Crippen LogP contribution is 2.51. The van der Waals surface area contributed by atoms with Gasteiger partial charge in [0.25, 0.3) is 0 Å². The number of nitrogens with two attached hydrogens (primary N) is 1. The second kappa shape index (κ2) is 3.89. The lowest BCUT2D eigenvalue weighted by Crippen LogP contribution is -2.09. The van der Waals surface area contributed by atoms with Crippen molar-refractivity contribution in [3.63, 3.8) is 0 Å². The van der Waals surface area contributed by atoms with E-state index in [2.05, 4.69) is 19.2 Å². The number of nitrogens with one attached hydrogen (secondary N) is 1. The van der Waals surface area contributed by atoms with Gasteiger partial charge in [0.1, 0.15) is 5.75 Å². The normalized spacial score (nSPS) is 21.6. The summed E-state index contributed by atoms with van der Waals surface area (Å²) in [5.74, 6) is 1.50. The molecule has 1 fully saturated rings. The van der Waals surface area contributed by atoms with Gasteiger partial charge in [-0.1, -0.05) is 19.9 Å². The van der Waals surface area contributed by atoms with Crippen LogP contribution in [0.3, 0.4) is 0 Å². The standard InChI is InChI=1S/C13H20N2O/c1-13(2)7-9(13)8-15-10-5-4-6-11(16-3)12(10)14/h4-6,9,15H,7-8,14H2,1-3H3. The van der Waals surface area contributed by atoms with E-state index in [0.29, 0.717) is 11.1 Å². The van der Waals surface area contributed by atoms with Gasteiger partial charge in [-0.25, -0.2) is 0 Å². The average molecular weight is 220 g/mol. The number of benzene rings is 1. The molecule has 0 aliphatic heterocycles. The molecule has 3 N–H and O–H groups in total. The SMILES string of the molecule is COc1cccc(NCC2CC2(C)C)c1N. The van der Waals surface area contributed by atoms with Crippen LogP contribution >= 0.6 is 0 Å². The highest BCUT2D eigenvalue weighted by Gasteiger charge is 2.44. The van der Waals surface area contributed by atoms with Gasteiger partial charge in [-0.05, 0) is 29.9 Å². The number of hydrogen-bond donors (Lipinski definition) is 2. The van der Waals surface area contributed by atoms with Crippen LogP contribution in [0.15, 0.2) is 18.2 Å². The van der Waals surface area contributed by atoms with E-state index in [1.54, 1.807) is 7.11 Å². The van der Waals surface area contributed by atoms with Crippen LogP contribution in [0.2, 0.25) is 0 Å². The van der Waals surface area contributed by atoms with Crippen LogP contribution in [-0.4, -0.2) is 13.7 Å².